The minimum Gasteiger partial charge on any atom is -0.481 e. The van der Waals surface area contributed by atoms with Crippen molar-refractivity contribution in [3.05, 3.63) is 53.6 Å². The number of benzene rings is 1. The van der Waals surface area contributed by atoms with Gasteiger partial charge in [-0.25, -0.2) is 0 Å². The van der Waals surface area contributed by atoms with E-state index in [0.717, 1.165) is 11.1 Å². The van der Waals surface area contributed by atoms with Gasteiger partial charge in [0.1, 0.15) is 0 Å². The minimum absolute atomic E-state index is 0.0839. The molecule has 0 atom stereocenters. The number of nitrogens with zero attached hydrogens (tertiary/aromatic N) is 1. The molecule has 2 rings (SSSR count). The summed E-state index contributed by atoms with van der Waals surface area (Å²) < 4.78 is 10.8. The normalized spacial score (nSPS) is 11.0. The van der Waals surface area contributed by atoms with Crippen molar-refractivity contribution in [1.82, 2.24) is 4.98 Å². The molecule has 0 amide bonds. The van der Waals surface area contributed by atoms with E-state index in [4.69, 9.17) is 9.47 Å². The van der Waals surface area contributed by atoms with E-state index < -0.39 is 0 Å². The molecule has 2 aromatic rings. The van der Waals surface area contributed by atoms with Gasteiger partial charge in [-0.3, -0.25) is 0 Å². The van der Waals surface area contributed by atoms with Crippen LogP contribution in [-0.4, -0.2) is 18.2 Å². The molecule has 0 aliphatic rings. The Bertz CT molecular complexity index is 577. The molecular weight excluding hydrogens is 250 g/mol. The van der Waals surface area contributed by atoms with Gasteiger partial charge >= 0.3 is 0 Å². The topological polar surface area (TPSA) is 31.4 Å². The van der Waals surface area contributed by atoms with Gasteiger partial charge in [-0.2, -0.15) is 4.98 Å². The Labute approximate surface area is 119 Å². The van der Waals surface area contributed by atoms with Crippen LogP contribution in [0.25, 0.3) is 12.2 Å². The SMILES string of the molecule is COc1cc(/C=C/c2ccccc2)cc(OC(C)C)n1. The van der Waals surface area contributed by atoms with Crippen LogP contribution in [0.2, 0.25) is 0 Å². The highest BCUT2D eigenvalue weighted by atomic mass is 16.5. The minimum atomic E-state index is 0.0839. The van der Waals surface area contributed by atoms with Crippen LogP contribution in [0, 0.1) is 0 Å². The average molecular weight is 269 g/mol. The van der Waals surface area contributed by atoms with Gasteiger partial charge in [-0.05, 0) is 25.0 Å². The second kappa shape index (κ2) is 6.75. The van der Waals surface area contributed by atoms with E-state index in [1.165, 1.54) is 0 Å². The number of methoxy groups -OCH3 is 1. The molecule has 1 aromatic heterocycles. The molecule has 1 aromatic carbocycles. The fourth-order valence-electron chi connectivity index (χ4n) is 1.76. The lowest BCUT2D eigenvalue weighted by Crippen LogP contribution is -2.07. The van der Waals surface area contributed by atoms with Crippen molar-refractivity contribution in [2.45, 2.75) is 20.0 Å². The zero-order valence-electron chi connectivity index (χ0n) is 12.0. The van der Waals surface area contributed by atoms with Crippen LogP contribution in [0.15, 0.2) is 42.5 Å². The maximum absolute atomic E-state index is 5.62. The Morgan fingerprint density at radius 3 is 2.25 bits per heavy atom. The summed E-state index contributed by atoms with van der Waals surface area (Å²) in [7, 11) is 1.60. The third kappa shape index (κ3) is 4.12. The van der Waals surface area contributed by atoms with E-state index in [-0.39, 0.29) is 6.10 Å². The third-order valence-electron chi connectivity index (χ3n) is 2.63. The quantitative estimate of drug-likeness (QED) is 0.820. The van der Waals surface area contributed by atoms with Crippen LogP contribution in [-0.2, 0) is 0 Å². The standard InChI is InChI=1S/C17H19NO2/c1-13(2)20-17-12-15(11-16(18-17)19-3)10-9-14-7-5-4-6-8-14/h4-13H,1-3H3/b10-9+. The smallest absolute Gasteiger partial charge is 0.217 e. The van der Waals surface area contributed by atoms with Gasteiger partial charge in [0, 0.05) is 12.1 Å². The van der Waals surface area contributed by atoms with E-state index in [1.807, 2.05) is 56.3 Å². The lowest BCUT2D eigenvalue weighted by Gasteiger charge is -2.10. The number of ether oxygens (including phenoxy) is 2. The molecule has 0 unspecified atom stereocenters. The molecule has 0 saturated heterocycles. The molecule has 0 aliphatic heterocycles. The predicted molar refractivity (Wildman–Crippen MR) is 81.9 cm³/mol. The molecule has 0 fully saturated rings. The molecule has 20 heavy (non-hydrogen) atoms. The number of aromatic nitrogens is 1. The first-order valence-electron chi connectivity index (χ1n) is 6.63. The second-order valence-electron chi connectivity index (χ2n) is 4.69. The average Bonchev–Trinajstić information content (AvgIpc) is 2.45. The Hall–Kier alpha value is -2.29. The second-order valence-corrected chi connectivity index (χ2v) is 4.69. The zero-order valence-corrected chi connectivity index (χ0v) is 12.0. The van der Waals surface area contributed by atoms with Crippen LogP contribution in [0.5, 0.6) is 11.8 Å². The molecule has 0 N–H and O–H groups in total. The fraction of sp³-hybridized carbons (Fsp3) is 0.235. The van der Waals surface area contributed by atoms with Crippen LogP contribution >= 0.6 is 0 Å². The fourth-order valence-corrected chi connectivity index (χ4v) is 1.76. The molecule has 0 spiro atoms. The molecule has 3 nitrogen and oxygen atoms in total. The van der Waals surface area contributed by atoms with E-state index in [2.05, 4.69) is 17.1 Å². The van der Waals surface area contributed by atoms with Crippen molar-refractivity contribution in [3.8, 4) is 11.8 Å². The highest BCUT2D eigenvalue weighted by Gasteiger charge is 2.04. The van der Waals surface area contributed by atoms with E-state index in [9.17, 15) is 0 Å². The van der Waals surface area contributed by atoms with Gasteiger partial charge in [0.05, 0.1) is 13.2 Å². The maximum atomic E-state index is 5.62. The lowest BCUT2D eigenvalue weighted by molar-refractivity contribution is 0.229. The maximum Gasteiger partial charge on any atom is 0.217 e. The van der Waals surface area contributed by atoms with Gasteiger partial charge in [0.25, 0.3) is 0 Å². The molecular formula is C17H19NO2. The van der Waals surface area contributed by atoms with Gasteiger partial charge in [0.15, 0.2) is 0 Å². The third-order valence-corrected chi connectivity index (χ3v) is 2.63. The first-order valence-corrected chi connectivity index (χ1v) is 6.63. The van der Waals surface area contributed by atoms with Crippen LogP contribution in [0.4, 0.5) is 0 Å². The largest absolute Gasteiger partial charge is 0.481 e. The molecule has 104 valence electrons. The number of hydrogen-bond donors (Lipinski definition) is 0. The van der Waals surface area contributed by atoms with Gasteiger partial charge in [-0.1, -0.05) is 42.5 Å². The summed E-state index contributed by atoms with van der Waals surface area (Å²) in [6.07, 6.45) is 4.15. The predicted octanol–water partition coefficient (Wildman–Crippen LogP) is 4.05. The van der Waals surface area contributed by atoms with Gasteiger partial charge in [0.2, 0.25) is 11.8 Å². The van der Waals surface area contributed by atoms with Crippen LogP contribution < -0.4 is 9.47 Å². The summed E-state index contributed by atoms with van der Waals surface area (Å²) in [6.45, 7) is 3.95. The van der Waals surface area contributed by atoms with Crippen molar-refractivity contribution in [2.24, 2.45) is 0 Å². The van der Waals surface area contributed by atoms with Crippen LogP contribution in [0.3, 0.4) is 0 Å². The first kappa shape index (κ1) is 14.1. The number of hydrogen-bond acceptors (Lipinski definition) is 3. The summed E-state index contributed by atoms with van der Waals surface area (Å²) in [6, 6.07) is 13.9. The highest BCUT2D eigenvalue weighted by Crippen LogP contribution is 2.20. The monoisotopic (exact) mass is 269 g/mol. The van der Waals surface area contributed by atoms with Crippen molar-refractivity contribution in [1.29, 1.82) is 0 Å². The summed E-state index contributed by atoms with van der Waals surface area (Å²) in [5.74, 6) is 1.13. The Balaban J connectivity index is 2.24. The number of rotatable bonds is 5. The summed E-state index contributed by atoms with van der Waals surface area (Å²) >= 11 is 0. The van der Waals surface area contributed by atoms with Crippen molar-refractivity contribution >= 4 is 12.2 Å². The summed E-state index contributed by atoms with van der Waals surface area (Å²) in [4.78, 5) is 4.27. The van der Waals surface area contributed by atoms with Crippen molar-refractivity contribution in [2.75, 3.05) is 7.11 Å². The molecule has 0 saturated carbocycles. The molecule has 0 aliphatic carbocycles. The Morgan fingerprint density at radius 1 is 0.950 bits per heavy atom. The summed E-state index contributed by atoms with van der Waals surface area (Å²) in [5, 5.41) is 0. The summed E-state index contributed by atoms with van der Waals surface area (Å²) in [5.41, 5.74) is 2.14. The van der Waals surface area contributed by atoms with Crippen molar-refractivity contribution in [3.63, 3.8) is 0 Å². The van der Waals surface area contributed by atoms with E-state index in [1.54, 1.807) is 7.11 Å². The molecule has 3 heteroatoms. The Morgan fingerprint density at radius 2 is 1.60 bits per heavy atom. The zero-order chi connectivity index (χ0) is 14.4. The van der Waals surface area contributed by atoms with Crippen molar-refractivity contribution < 1.29 is 9.47 Å². The molecule has 1 heterocycles. The van der Waals surface area contributed by atoms with Gasteiger partial charge < -0.3 is 9.47 Å². The number of pyridine rings is 1. The Kier molecular flexibility index (Phi) is 4.77. The first-order chi connectivity index (χ1) is 9.67. The molecule has 0 bridgehead atoms. The molecule has 0 radical (unpaired) electrons. The lowest BCUT2D eigenvalue weighted by atomic mass is 10.1. The van der Waals surface area contributed by atoms with E-state index in [0.29, 0.717) is 11.8 Å². The van der Waals surface area contributed by atoms with Crippen LogP contribution in [0.1, 0.15) is 25.0 Å². The van der Waals surface area contributed by atoms with E-state index >= 15 is 0 Å². The highest BCUT2D eigenvalue weighted by molar-refractivity contribution is 5.70. The van der Waals surface area contributed by atoms with Gasteiger partial charge in [-0.15, -0.1) is 0 Å².